The fraction of sp³-hybridized carbons (Fsp3) is 0.643. The normalized spacial score (nSPS) is 28.9. The molecule has 2 aliphatic carbocycles. The number of hydrogen-bond acceptors (Lipinski definition) is 0. The molecule has 1 fully saturated rings. The van der Waals surface area contributed by atoms with Crippen LogP contribution in [0.5, 0.6) is 0 Å². The van der Waals surface area contributed by atoms with Gasteiger partial charge in [0.05, 0.1) is 0 Å². The Morgan fingerprint density at radius 2 is 1.43 bits per heavy atom. The Morgan fingerprint density at radius 3 is 2.03 bits per heavy atom. The van der Waals surface area contributed by atoms with Crippen molar-refractivity contribution < 1.29 is 8.78 Å². The second-order valence-electron chi connectivity index (χ2n) is 9.58. The van der Waals surface area contributed by atoms with Crippen molar-refractivity contribution in [3.05, 3.63) is 60.2 Å². The van der Waals surface area contributed by atoms with Crippen molar-refractivity contribution in [2.75, 3.05) is 0 Å². The Labute approximate surface area is 182 Å². The molecule has 0 saturated heterocycles. The highest BCUT2D eigenvalue weighted by molar-refractivity contribution is 5.34. The third-order valence-corrected chi connectivity index (χ3v) is 7.51. The Hall–Kier alpha value is -1.44. The lowest BCUT2D eigenvalue weighted by atomic mass is 9.62. The molecular weight excluding hydrogens is 374 g/mol. The molecule has 1 saturated carbocycles. The maximum absolute atomic E-state index is 13.2. The van der Waals surface area contributed by atoms with Gasteiger partial charge in [0.1, 0.15) is 0 Å². The van der Waals surface area contributed by atoms with Gasteiger partial charge in [-0.25, -0.2) is 8.78 Å². The Morgan fingerprint density at radius 1 is 0.833 bits per heavy atom. The van der Waals surface area contributed by atoms with Crippen LogP contribution in [0.2, 0.25) is 0 Å². The highest BCUT2D eigenvalue weighted by Crippen LogP contribution is 2.49. The van der Waals surface area contributed by atoms with Gasteiger partial charge in [-0.1, -0.05) is 107 Å². The third kappa shape index (κ3) is 6.28. The minimum Gasteiger partial charge on any atom is -0.210 e. The molecule has 1 aromatic carbocycles. The zero-order chi connectivity index (χ0) is 21.2. The smallest absolute Gasteiger partial charge is 0.210 e. The van der Waals surface area contributed by atoms with Crippen LogP contribution in [0.4, 0.5) is 8.78 Å². The molecule has 0 amide bonds. The molecular formula is C28H40F2. The van der Waals surface area contributed by atoms with Crippen LogP contribution in [0.1, 0.15) is 95.5 Å². The van der Waals surface area contributed by atoms with Crippen LogP contribution >= 0.6 is 0 Å². The molecule has 2 heteroatoms. The summed E-state index contributed by atoms with van der Waals surface area (Å²) in [5.74, 6) is 0.466. The average molecular weight is 415 g/mol. The van der Waals surface area contributed by atoms with Gasteiger partial charge in [0.2, 0.25) is 6.43 Å². The van der Waals surface area contributed by atoms with Crippen molar-refractivity contribution in [3.63, 3.8) is 0 Å². The second kappa shape index (κ2) is 11.8. The van der Waals surface area contributed by atoms with E-state index in [1.165, 1.54) is 56.9 Å². The number of benzene rings is 1. The molecule has 30 heavy (non-hydrogen) atoms. The Bertz CT molecular complexity index is 638. The third-order valence-electron chi connectivity index (χ3n) is 7.51. The summed E-state index contributed by atoms with van der Waals surface area (Å²) in [5, 5.41) is 0. The van der Waals surface area contributed by atoms with Gasteiger partial charge < -0.3 is 0 Å². The minimum atomic E-state index is -2.15. The quantitative estimate of drug-likeness (QED) is 0.250. The predicted molar refractivity (Wildman–Crippen MR) is 124 cm³/mol. The van der Waals surface area contributed by atoms with Crippen LogP contribution in [0.15, 0.2) is 54.6 Å². The zero-order valence-electron chi connectivity index (χ0n) is 18.7. The molecule has 0 atom stereocenters. The van der Waals surface area contributed by atoms with Crippen LogP contribution in [-0.4, -0.2) is 6.43 Å². The van der Waals surface area contributed by atoms with E-state index in [1.807, 2.05) is 0 Å². The number of allylic oxidation sites excluding steroid dienone is 4. The molecule has 166 valence electrons. The highest BCUT2D eigenvalue weighted by Gasteiger charge is 2.39. The van der Waals surface area contributed by atoms with Gasteiger partial charge in [0, 0.05) is 17.3 Å². The summed E-state index contributed by atoms with van der Waals surface area (Å²) in [7, 11) is 0. The molecule has 0 bridgehead atoms. The molecule has 0 aromatic heterocycles. The van der Waals surface area contributed by atoms with Crippen molar-refractivity contribution in [2.24, 2.45) is 17.3 Å². The highest BCUT2D eigenvalue weighted by atomic mass is 19.3. The predicted octanol–water partition coefficient (Wildman–Crippen LogP) is 9.09. The standard InChI is InChI=1S/C28H40F2/c1-2-3-4-5-6-7-11-20-28(26-16-14-25(15-17-26)27(29)30)21-18-24(19-22-28)23-12-9-8-10-13-23/h8-10,12-13,18-19,21-22,24-27H,2-7,11,14-17,20H2,1H3/t24?,25-,26-,28?. The largest absolute Gasteiger partial charge is 0.241 e. The van der Waals surface area contributed by atoms with Gasteiger partial charge in [-0.05, 0) is 43.6 Å². The van der Waals surface area contributed by atoms with Gasteiger partial charge in [0.25, 0.3) is 0 Å². The first kappa shape index (κ1) is 23.2. The lowest BCUT2D eigenvalue weighted by molar-refractivity contribution is 0.0344. The first-order valence-corrected chi connectivity index (χ1v) is 12.4. The molecule has 0 unspecified atom stereocenters. The van der Waals surface area contributed by atoms with E-state index in [0.717, 1.165) is 12.8 Å². The fourth-order valence-corrected chi connectivity index (χ4v) is 5.52. The molecule has 0 heterocycles. The van der Waals surface area contributed by atoms with E-state index in [9.17, 15) is 8.78 Å². The lowest BCUT2D eigenvalue weighted by Gasteiger charge is -2.42. The summed E-state index contributed by atoms with van der Waals surface area (Å²) in [6.45, 7) is 2.26. The van der Waals surface area contributed by atoms with E-state index in [2.05, 4.69) is 61.6 Å². The minimum absolute atomic E-state index is 0.0712. The van der Waals surface area contributed by atoms with Crippen LogP contribution in [-0.2, 0) is 0 Å². The van der Waals surface area contributed by atoms with E-state index in [1.54, 1.807) is 0 Å². The Balaban J connectivity index is 1.62. The first-order chi connectivity index (χ1) is 14.6. The van der Waals surface area contributed by atoms with Crippen LogP contribution in [0, 0.1) is 17.3 Å². The fourth-order valence-electron chi connectivity index (χ4n) is 5.52. The summed E-state index contributed by atoms with van der Waals surface area (Å²) in [4.78, 5) is 0. The first-order valence-electron chi connectivity index (χ1n) is 12.4. The number of hydrogen-bond donors (Lipinski definition) is 0. The van der Waals surface area contributed by atoms with Crippen LogP contribution in [0.25, 0.3) is 0 Å². The summed E-state index contributed by atoms with van der Waals surface area (Å²) in [6.07, 6.45) is 21.1. The molecule has 0 N–H and O–H groups in total. The number of unbranched alkanes of at least 4 members (excludes halogenated alkanes) is 6. The van der Waals surface area contributed by atoms with Gasteiger partial charge in [0.15, 0.2) is 0 Å². The van der Waals surface area contributed by atoms with Gasteiger partial charge in [-0.3, -0.25) is 0 Å². The topological polar surface area (TPSA) is 0 Å². The van der Waals surface area contributed by atoms with Crippen molar-refractivity contribution >= 4 is 0 Å². The molecule has 0 nitrogen and oxygen atoms in total. The number of rotatable bonds is 11. The lowest BCUT2D eigenvalue weighted by Crippen LogP contribution is -2.33. The van der Waals surface area contributed by atoms with E-state index in [4.69, 9.17) is 0 Å². The van der Waals surface area contributed by atoms with Gasteiger partial charge in [-0.15, -0.1) is 0 Å². The maximum atomic E-state index is 13.2. The van der Waals surface area contributed by atoms with Crippen molar-refractivity contribution in [1.82, 2.24) is 0 Å². The van der Waals surface area contributed by atoms with Crippen LogP contribution in [0.3, 0.4) is 0 Å². The van der Waals surface area contributed by atoms with Crippen molar-refractivity contribution in [3.8, 4) is 0 Å². The SMILES string of the molecule is CCCCCCCCCC1([C@H]2CC[C@H](C(F)F)CC2)C=CC(c2ccccc2)C=C1. The Kier molecular flexibility index (Phi) is 9.15. The van der Waals surface area contributed by atoms with E-state index in [-0.39, 0.29) is 11.3 Å². The van der Waals surface area contributed by atoms with Crippen molar-refractivity contribution in [1.29, 1.82) is 0 Å². The molecule has 0 aliphatic heterocycles. The van der Waals surface area contributed by atoms with Crippen LogP contribution < -0.4 is 0 Å². The molecule has 3 rings (SSSR count). The summed E-state index contributed by atoms with van der Waals surface area (Å²) in [6, 6.07) is 10.6. The average Bonchev–Trinajstić information content (AvgIpc) is 2.79. The van der Waals surface area contributed by atoms with E-state index >= 15 is 0 Å². The van der Waals surface area contributed by atoms with Gasteiger partial charge in [-0.2, -0.15) is 0 Å². The van der Waals surface area contributed by atoms with Gasteiger partial charge >= 0.3 is 0 Å². The van der Waals surface area contributed by atoms with E-state index < -0.39 is 6.43 Å². The molecule has 0 spiro atoms. The summed E-state index contributed by atoms with van der Waals surface area (Å²) < 4.78 is 26.3. The monoisotopic (exact) mass is 414 g/mol. The number of alkyl halides is 2. The van der Waals surface area contributed by atoms with Crippen molar-refractivity contribution in [2.45, 2.75) is 96.3 Å². The van der Waals surface area contributed by atoms with E-state index in [0.29, 0.717) is 24.7 Å². The maximum Gasteiger partial charge on any atom is 0.241 e. The molecule has 2 aliphatic rings. The number of halogens is 2. The molecule has 1 aromatic rings. The summed E-state index contributed by atoms with van der Waals surface area (Å²) in [5.41, 5.74) is 1.40. The second-order valence-corrected chi connectivity index (χ2v) is 9.58. The molecule has 0 radical (unpaired) electrons. The zero-order valence-corrected chi connectivity index (χ0v) is 18.7. The summed E-state index contributed by atoms with van der Waals surface area (Å²) >= 11 is 0.